The van der Waals surface area contributed by atoms with E-state index in [0.717, 1.165) is 16.8 Å². The number of nitrogens with zero attached hydrogens (tertiary/aromatic N) is 4. The van der Waals surface area contributed by atoms with Crippen LogP contribution in [0.15, 0.2) is 91.0 Å². The van der Waals surface area contributed by atoms with E-state index in [4.69, 9.17) is 4.98 Å². The van der Waals surface area contributed by atoms with Crippen LogP contribution in [0.25, 0.3) is 28.3 Å². The highest BCUT2D eigenvalue weighted by molar-refractivity contribution is 5.86. The van der Waals surface area contributed by atoms with Crippen LogP contribution in [0.2, 0.25) is 0 Å². The van der Waals surface area contributed by atoms with Crippen molar-refractivity contribution in [2.45, 2.75) is 6.42 Å². The van der Waals surface area contributed by atoms with E-state index < -0.39 is 0 Å². The molecule has 0 aromatic heterocycles. The number of aromatic hydroxyl groups is 1. The number of benzene rings is 3. The largest absolute Gasteiger partial charge is 0.494 e. The lowest BCUT2D eigenvalue weighted by atomic mass is 10.0. The van der Waals surface area contributed by atoms with E-state index in [2.05, 4.69) is 12.1 Å². The predicted octanol–water partition coefficient (Wildman–Crippen LogP) is 5.68. The number of fused-ring (bicyclic) bond motifs is 1. The Morgan fingerprint density at radius 2 is 1.33 bits per heavy atom. The normalized spacial score (nSPS) is 10.6. The fraction of sp³-hybridized carbons (Fsp3) is 0.0357. The molecule has 156 valence electrons. The molecular formula is C28H18N4O. The Kier molecular flexibility index (Phi) is 5.07. The SMILES string of the molecule is N#Cc1c2nc(-c3ccccc3)n(-c3ccccc3)c(O)c-2c(Cc2ccccc2)c1C#N. The zero-order valence-electron chi connectivity index (χ0n) is 17.6. The van der Waals surface area contributed by atoms with Gasteiger partial charge in [-0.15, -0.1) is 0 Å². The lowest BCUT2D eigenvalue weighted by Crippen LogP contribution is -2.07. The molecule has 3 aromatic carbocycles. The van der Waals surface area contributed by atoms with Crippen LogP contribution < -0.4 is 0 Å². The molecule has 0 radical (unpaired) electrons. The summed E-state index contributed by atoms with van der Waals surface area (Å²) in [6.45, 7) is 0. The van der Waals surface area contributed by atoms with Gasteiger partial charge in [0.05, 0.1) is 28.1 Å². The van der Waals surface area contributed by atoms with Gasteiger partial charge in [0.25, 0.3) is 0 Å². The summed E-state index contributed by atoms with van der Waals surface area (Å²) < 4.78 is 1.68. The van der Waals surface area contributed by atoms with Crippen molar-refractivity contribution in [1.29, 1.82) is 10.5 Å². The molecule has 1 N–H and O–H groups in total. The average molecular weight is 426 g/mol. The van der Waals surface area contributed by atoms with Crippen molar-refractivity contribution in [3.63, 3.8) is 0 Å². The van der Waals surface area contributed by atoms with Crippen molar-refractivity contribution < 1.29 is 5.11 Å². The molecule has 2 aliphatic rings. The maximum absolute atomic E-state index is 11.6. The van der Waals surface area contributed by atoms with Gasteiger partial charge < -0.3 is 5.11 Å². The van der Waals surface area contributed by atoms with Crippen LogP contribution in [0, 0.1) is 22.7 Å². The minimum Gasteiger partial charge on any atom is -0.494 e. The first-order chi connectivity index (χ1) is 16.2. The summed E-state index contributed by atoms with van der Waals surface area (Å²) in [5.74, 6) is 0.443. The molecule has 0 saturated heterocycles. The summed E-state index contributed by atoms with van der Waals surface area (Å²) in [7, 11) is 0. The van der Waals surface area contributed by atoms with Crippen molar-refractivity contribution in [1.82, 2.24) is 9.55 Å². The zero-order chi connectivity index (χ0) is 22.8. The standard InChI is InChI=1S/C28H18N4O/c29-17-23-22(16-19-10-4-1-5-11-19)25-26(24(23)18-30)31-27(20-12-6-2-7-13-20)32(28(25)33)21-14-8-3-9-15-21/h1-15,33H,16H2. The highest BCUT2D eigenvalue weighted by atomic mass is 16.3. The topological polar surface area (TPSA) is 85.6 Å². The molecule has 1 heterocycles. The van der Waals surface area contributed by atoms with Crippen LogP contribution in [0.1, 0.15) is 22.3 Å². The molecule has 5 rings (SSSR count). The van der Waals surface area contributed by atoms with E-state index in [1.54, 1.807) is 4.57 Å². The summed E-state index contributed by atoms with van der Waals surface area (Å²) in [4.78, 5) is 4.85. The van der Waals surface area contributed by atoms with E-state index in [1.807, 2.05) is 91.0 Å². The highest BCUT2D eigenvalue weighted by Gasteiger charge is 2.31. The van der Waals surface area contributed by atoms with Gasteiger partial charge in [0.1, 0.15) is 18.0 Å². The molecular weight excluding hydrogens is 408 g/mol. The molecule has 0 spiro atoms. The molecule has 5 nitrogen and oxygen atoms in total. The minimum absolute atomic E-state index is 0.0472. The van der Waals surface area contributed by atoms with E-state index in [0.29, 0.717) is 29.1 Å². The van der Waals surface area contributed by atoms with Crippen molar-refractivity contribution in [3.05, 3.63) is 113 Å². The van der Waals surface area contributed by atoms with E-state index in [1.165, 1.54) is 0 Å². The number of rotatable bonds is 4. The lowest BCUT2D eigenvalue weighted by Gasteiger charge is -2.19. The molecule has 3 aromatic rings. The van der Waals surface area contributed by atoms with Gasteiger partial charge in [-0.3, -0.25) is 4.57 Å². The first kappa shape index (κ1) is 20.1. The fourth-order valence-electron chi connectivity index (χ4n) is 4.19. The van der Waals surface area contributed by atoms with Gasteiger partial charge in [0, 0.05) is 5.56 Å². The van der Waals surface area contributed by atoms with Gasteiger partial charge in [-0.05, 0) is 29.7 Å². The molecule has 0 atom stereocenters. The fourth-order valence-corrected chi connectivity index (χ4v) is 4.19. The summed E-state index contributed by atoms with van der Waals surface area (Å²) in [6.07, 6.45) is 0.399. The first-order valence-electron chi connectivity index (χ1n) is 10.5. The second-order valence-corrected chi connectivity index (χ2v) is 7.63. The van der Waals surface area contributed by atoms with Crippen LogP contribution in [0.3, 0.4) is 0 Å². The average Bonchev–Trinajstić information content (AvgIpc) is 3.18. The summed E-state index contributed by atoms with van der Waals surface area (Å²) in [5, 5.41) is 31.5. The molecule has 33 heavy (non-hydrogen) atoms. The van der Waals surface area contributed by atoms with E-state index in [9.17, 15) is 15.6 Å². The Morgan fingerprint density at radius 1 is 0.758 bits per heavy atom. The molecule has 0 unspecified atom stereocenters. The Hall–Kier alpha value is -4.87. The van der Waals surface area contributed by atoms with E-state index >= 15 is 0 Å². The van der Waals surface area contributed by atoms with Crippen LogP contribution in [0.5, 0.6) is 5.88 Å². The van der Waals surface area contributed by atoms with Crippen molar-refractivity contribution in [2.24, 2.45) is 0 Å². The Morgan fingerprint density at radius 3 is 1.94 bits per heavy atom. The minimum atomic E-state index is -0.0472. The summed E-state index contributed by atoms with van der Waals surface area (Å²) >= 11 is 0. The lowest BCUT2D eigenvalue weighted by molar-refractivity contribution is 0.439. The van der Waals surface area contributed by atoms with Gasteiger partial charge in [-0.2, -0.15) is 10.5 Å². The molecule has 0 amide bonds. The van der Waals surface area contributed by atoms with Gasteiger partial charge in [0.15, 0.2) is 0 Å². The Balaban J connectivity index is 1.89. The highest BCUT2D eigenvalue weighted by Crippen LogP contribution is 2.44. The van der Waals surface area contributed by atoms with Gasteiger partial charge in [0.2, 0.25) is 5.88 Å². The van der Waals surface area contributed by atoms with Gasteiger partial charge >= 0.3 is 0 Å². The second kappa shape index (κ2) is 8.34. The number of aromatic nitrogens is 2. The second-order valence-electron chi connectivity index (χ2n) is 7.63. The number of para-hydroxylation sites is 1. The quantitative estimate of drug-likeness (QED) is 0.400. The third-order valence-electron chi connectivity index (χ3n) is 5.69. The van der Waals surface area contributed by atoms with E-state index in [-0.39, 0.29) is 17.0 Å². The number of hydrogen-bond donors (Lipinski definition) is 1. The summed E-state index contributed by atoms with van der Waals surface area (Å²) in [6, 6.07) is 33.0. The maximum Gasteiger partial charge on any atom is 0.207 e. The van der Waals surface area contributed by atoms with Gasteiger partial charge in [-0.1, -0.05) is 78.9 Å². The van der Waals surface area contributed by atoms with Crippen molar-refractivity contribution in [2.75, 3.05) is 0 Å². The third-order valence-corrected chi connectivity index (χ3v) is 5.69. The molecule has 0 bridgehead atoms. The Labute approximate surface area is 191 Å². The van der Waals surface area contributed by atoms with Crippen molar-refractivity contribution in [3.8, 4) is 46.4 Å². The number of nitriles is 2. The van der Waals surface area contributed by atoms with Gasteiger partial charge in [-0.25, -0.2) is 4.98 Å². The first-order valence-corrected chi connectivity index (χ1v) is 10.5. The smallest absolute Gasteiger partial charge is 0.207 e. The molecule has 0 saturated carbocycles. The third kappa shape index (κ3) is 3.39. The molecule has 1 aliphatic heterocycles. The molecule has 0 fully saturated rings. The Bertz CT molecular complexity index is 1490. The monoisotopic (exact) mass is 426 g/mol. The van der Waals surface area contributed by atoms with Crippen LogP contribution in [0.4, 0.5) is 0 Å². The molecule has 1 aliphatic carbocycles. The van der Waals surface area contributed by atoms with Crippen molar-refractivity contribution >= 4 is 0 Å². The van der Waals surface area contributed by atoms with Crippen LogP contribution in [-0.4, -0.2) is 14.7 Å². The predicted molar refractivity (Wildman–Crippen MR) is 126 cm³/mol. The van der Waals surface area contributed by atoms with Crippen LogP contribution in [-0.2, 0) is 6.42 Å². The zero-order valence-corrected chi connectivity index (χ0v) is 17.6. The van der Waals surface area contributed by atoms with Crippen LogP contribution >= 0.6 is 0 Å². The maximum atomic E-state index is 11.6. The molecule has 5 heteroatoms. The number of hydrogen-bond acceptors (Lipinski definition) is 4. The summed E-state index contributed by atoms with van der Waals surface area (Å²) in [5.41, 5.74) is 4.29.